The molecular weight excluding hydrogens is 582 g/mol. The summed E-state index contributed by atoms with van der Waals surface area (Å²) in [4.78, 5) is 38.1. The molecule has 3 aromatic rings. The molecule has 0 aliphatic carbocycles. The van der Waals surface area contributed by atoms with Crippen LogP contribution in [-0.4, -0.2) is 76.3 Å². The van der Waals surface area contributed by atoms with E-state index < -0.39 is 64.3 Å². The van der Waals surface area contributed by atoms with Crippen LogP contribution in [0.3, 0.4) is 0 Å². The lowest BCUT2D eigenvalue weighted by Gasteiger charge is -2.35. The number of carbonyl (C=O) groups is 3. The summed E-state index contributed by atoms with van der Waals surface area (Å²) in [6.45, 7) is 0.0186. The fourth-order valence-corrected chi connectivity index (χ4v) is 5.63. The minimum atomic E-state index is -5.47. The quantitative estimate of drug-likeness (QED) is 0.240. The van der Waals surface area contributed by atoms with E-state index in [2.05, 4.69) is 0 Å². The van der Waals surface area contributed by atoms with Crippen molar-refractivity contribution in [3.05, 3.63) is 96.1 Å². The zero-order valence-corrected chi connectivity index (χ0v) is 23.9. The van der Waals surface area contributed by atoms with Crippen LogP contribution in [0.2, 0.25) is 0 Å². The van der Waals surface area contributed by atoms with E-state index in [1.54, 1.807) is 19.1 Å². The largest absolute Gasteiger partial charge is 0.480 e. The van der Waals surface area contributed by atoms with Gasteiger partial charge in [-0.15, -0.1) is 0 Å². The van der Waals surface area contributed by atoms with Crippen LogP contribution in [-0.2, 0) is 40.4 Å². The summed E-state index contributed by atoms with van der Waals surface area (Å²) in [5.74, 6) is -3.76. The molecule has 0 radical (unpaired) electrons. The number of aliphatic carboxylic acids is 2. The molecule has 4 atom stereocenters. The second kappa shape index (κ2) is 13.3. The van der Waals surface area contributed by atoms with Crippen LogP contribution < -0.4 is 4.74 Å². The topological polar surface area (TPSA) is 177 Å². The fraction of sp³-hybridized carbons (Fsp3) is 0.300. The van der Waals surface area contributed by atoms with Gasteiger partial charge in [0, 0.05) is 12.0 Å². The van der Waals surface area contributed by atoms with E-state index in [1.165, 1.54) is 0 Å². The summed E-state index contributed by atoms with van der Waals surface area (Å²) in [6.07, 6.45) is -0.739. The van der Waals surface area contributed by atoms with Crippen molar-refractivity contribution >= 4 is 28.0 Å². The number of ether oxygens (including phenoxy) is 3. The van der Waals surface area contributed by atoms with Crippen molar-refractivity contribution in [1.82, 2.24) is 4.90 Å². The number of aryl methyl sites for hydroxylation is 1. The molecule has 3 aromatic carbocycles. The van der Waals surface area contributed by atoms with E-state index in [4.69, 9.17) is 14.2 Å². The van der Waals surface area contributed by atoms with E-state index in [1.807, 2.05) is 72.8 Å². The van der Waals surface area contributed by atoms with Crippen LogP contribution in [0, 0.1) is 0 Å². The molecule has 1 aliphatic rings. The number of carbonyl (C=O) groups excluding carboxylic acids is 1. The maximum Gasteiger partial charge on any atom is 0.401 e. The Balaban J connectivity index is 1.63. The van der Waals surface area contributed by atoms with Gasteiger partial charge in [0.2, 0.25) is 0 Å². The molecule has 1 aliphatic heterocycles. The Labute approximate surface area is 248 Å². The van der Waals surface area contributed by atoms with Crippen molar-refractivity contribution < 1.29 is 51.8 Å². The summed E-state index contributed by atoms with van der Waals surface area (Å²) in [6, 6.07) is 25.1. The standard InChI is InChI=1S/C30H31NO11S/c1-20(31(18-27(32)33)28(34)26-19-40-30(42-26,29(35)36)43(37,38)39)25(17-12-21-8-4-2-5-9-21)22-13-15-24(16-14-22)41-23-10-6-3-7-11-23/h2-11,13-16,20,25-26H,12,17-19H2,1H3,(H,32,33)(H,35,36)(H,37,38,39). The summed E-state index contributed by atoms with van der Waals surface area (Å²) >= 11 is 0. The van der Waals surface area contributed by atoms with Crippen LogP contribution in [0.1, 0.15) is 30.4 Å². The molecule has 4 unspecified atom stereocenters. The molecule has 228 valence electrons. The van der Waals surface area contributed by atoms with Crippen LogP contribution >= 0.6 is 0 Å². The summed E-state index contributed by atoms with van der Waals surface area (Å²) in [5.41, 5.74) is 1.79. The van der Waals surface area contributed by atoms with Crippen molar-refractivity contribution in [3.8, 4) is 11.5 Å². The summed E-state index contributed by atoms with van der Waals surface area (Å²) in [5, 5.41) is 15.6. The van der Waals surface area contributed by atoms with Crippen LogP contribution in [0.25, 0.3) is 0 Å². The summed E-state index contributed by atoms with van der Waals surface area (Å²) < 4.78 is 48.7. The fourth-order valence-electron chi connectivity index (χ4n) is 4.95. The van der Waals surface area contributed by atoms with Gasteiger partial charge in [-0.05, 0) is 55.2 Å². The van der Waals surface area contributed by atoms with Crippen molar-refractivity contribution in [2.75, 3.05) is 13.2 Å². The number of carboxylic acids is 2. The van der Waals surface area contributed by atoms with Crippen molar-refractivity contribution in [3.63, 3.8) is 0 Å². The van der Waals surface area contributed by atoms with Gasteiger partial charge in [0.1, 0.15) is 18.0 Å². The Morgan fingerprint density at radius 3 is 2.07 bits per heavy atom. The molecule has 1 amide bonds. The lowest BCUT2D eigenvalue weighted by Crippen LogP contribution is -2.52. The van der Waals surface area contributed by atoms with Crippen molar-refractivity contribution in [2.45, 2.75) is 42.9 Å². The molecule has 1 heterocycles. The van der Waals surface area contributed by atoms with Gasteiger partial charge in [-0.1, -0.05) is 60.7 Å². The van der Waals surface area contributed by atoms with Gasteiger partial charge in [-0.3, -0.25) is 14.1 Å². The number of benzene rings is 3. The normalized spacial score (nSPS) is 19.7. The Morgan fingerprint density at radius 1 is 0.953 bits per heavy atom. The number of amides is 1. The molecule has 4 rings (SSSR count). The average molecular weight is 614 g/mol. The van der Waals surface area contributed by atoms with Gasteiger partial charge in [-0.25, -0.2) is 4.79 Å². The Bertz CT molecular complexity index is 1530. The molecule has 12 nitrogen and oxygen atoms in total. The zero-order valence-electron chi connectivity index (χ0n) is 23.1. The Kier molecular flexibility index (Phi) is 9.81. The van der Waals surface area contributed by atoms with Crippen LogP contribution in [0.15, 0.2) is 84.9 Å². The van der Waals surface area contributed by atoms with Crippen LogP contribution in [0.4, 0.5) is 0 Å². The predicted molar refractivity (Wildman–Crippen MR) is 152 cm³/mol. The summed E-state index contributed by atoms with van der Waals surface area (Å²) in [7, 11) is -5.47. The molecule has 0 saturated carbocycles. The first kappa shape index (κ1) is 31.6. The van der Waals surface area contributed by atoms with E-state index in [-0.39, 0.29) is 0 Å². The molecule has 43 heavy (non-hydrogen) atoms. The van der Waals surface area contributed by atoms with E-state index in [9.17, 15) is 37.6 Å². The molecular formula is C30H31NO11S. The SMILES string of the molecule is CC(C(CCc1ccccc1)c1ccc(Oc2ccccc2)cc1)N(CC(=O)O)C(=O)C1COC(C(=O)O)(S(=O)(=O)O)O1. The van der Waals surface area contributed by atoms with Crippen molar-refractivity contribution in [1.29, 1.82) is 0 Å². The Hall–Kier alpha value is -4.30. The first-order valence-corrected chi connectivity index (χ1v) is 14.8. The molecule has 3 N–H and O–H groups in total. The lowest BCUT2D eigenvalue weighted by atomic mass is 9.85. The highest BCUT2D eigenvalue weighted by molar-refractivity contribution is 7.87. The van der Waals surface area contributed by atoms with Gasteiger partial charge in [0.25, 0.3) is 5.91 Å². The minimum absolute atomic E-state index is 0.428. The average Bonchev–Trinajstić information content (AvgIpc) is 3.45. The van der Waals surface area contributed by atoms with Gasteiger partial charge in [-0.2, -0.15) is 8.42 Å². The van der Waals surface area contributed by atoms with Crippen LogP contribution in [0.5, 0.6) is 11.5 Å². The first-order valence-electron chi connectivity index (χ1n) is 13.3. The smallest absolute Gasteiger partial charge is 0.401 e. The minimum Gasteiger partial charge on any atom is -0.480 e. The second-order valence-electron chi connectivity index (χ2n) is 9.97. The highest BCUT2D eigenvalue weighted by Crippen LogP contribution is 2.34. The van der Waals surface area contributed by atoms with E-state index in [0.717, 1.165) is 16.0 Å². The van der Waals surface area contributed by atoms with Gasteiger partial charge < -0.3 is 29.3 Å². The zero-order chi connectivity index (χ0) is 31.2. The third-order valence-electron chi connectivity index (χ3n) is 7.14. The molecule has 1 fully saturated rings. The number of carboxylic acid groups (broad SMARTS) is 2. The highest BCUT2D eigenvalue weighted by Gasteiger charge is 2.61. The first-order chi connectivity index (χ1) is 20.4. The maximum absolute atomic E-state index is 13.6. The Morgan fingerprint density at radius 2 is 1.53 bits per heavy atom. The van der Waals surface area contributed by atoms with E-state index in [0.29, 0.717) is 24.3 Å². The molecule has 0 bridgehead atoms. The second-order valence-corrected chi connectivity index (χ2v) is 11.5. The van der Waals surface area contributed by atoms with Gasteiger partial charge in [0.15, 0.2) is 6.10 Å². The number of rotatable bonds is 13. The van der Waals surface area contributed by atoms with Gasteiger partial charge >= 0.3 is 27.2 Å². The van der Waals surface area contributed by atoms with Crippen molar-refractivity contribution in [2.24, 2.45) is 0 Å². The number of hydrogen-bond donors (Lipinski definition) is 3. The maximum atomic E-state index is 13.6. The highest BCUT2D eigenvalue weighted by atomic mass is 32.2. The lowest BCUT2D eigenvalue weighted by molar-refractivity contribution is -0.182. The predicted octanol–water partition coefficient (Wildman–Crippen LogP) is 3.54. The third-order valence-corrected chi connectivity index (χ3v) is 8.20. The number of para-hydroxylation sites is 1. The molecule has 13 heteroatoms. The van der Waals surface area contributed by atoms with Gasteiger partial charge in [0.05, 0.1) is 6.61 Å². The molecule has 1 saturated heterocycles. The molecule has 0 spiro atoms. The number of hydrogen-bond acceptors (Lipinski definition) is 8. The monoisotopic (exact) mass is 613 g/mol. The van der Waals surface area contributed by atoms with E-state index >= 15 is 0 Å². The number of nitrogens with zero attached hydrogens (tertiary/aromatic N) is 1. The molecule has 0 aromatic heterocycles. The third kappa shape index (κ3) is 7.38.